The Balaban J connectivity index is 2.13. The van der Waals surface area contributed by atoms with E-state index >= 15 is 0 Å². The molecule has 18 heavy (non-hydrogen) atoms. The van der Waals surface area contributed by atoms with E-state index in [4.69, 9.17) is 11.6 Å². The van der Waals surface area contributed by atoms with Crippen LogP contribution in [-0.2, 0) is 13.6 Å². The van der Waals surface area contributed by atoms with E-state index in [1.165, 1.54) is 10.6 Å². The summed E-state index contributed by atoms with van der Waals surface area (Å²) in [7, 11) is 1.68. The van der Waals surface area contributed by atoms with Gasteiger partial charge < -0.3 is 15.0 Å². The van der Waals surface area contributed by atoms with Crippen LogP contribution in [0.1, 0.15) is 5.56 Å². The van der Waals surface area contributed by atoms with E-state index in [0.29, 0.717) is 17.1 Å². The first-order chi connectivity index (χ1) is 8.56. The predicted molar refractivity (Wildman–Crippen MR) is 72.1 cm³/mol. The third kappa shape index (κ3) is 2.84. The Labute approximate surface area is 109 Å². The molecule has 0 bridgehead atoms. The normalized spacial score (nSPS) is 10.3. The molecule has 0 aliphatic carbocycles. The summed E-state index contributed by atoms with van der Waals surface area (Å²) in [6.07, 6.45) is 1.70. The highest BCUT2D eigenvalue weighted by Gasteiger charge is 2.02. The highest BCUT2D eigenvalue weighted by atomic mass is 35.5. The third-order valence-corrected chi connectivity index (χ3v) is 2.85. The summed E-state index contributed by atoms with van der Waals surface area (Å²) in [6, 6.07) is 8.07. The lowest BCUT2D eigenvalue weighted by atomic mass is 10.2. The number of aromatic hydroxyl groups is 1. The molecule has 0 aliphatic heterocycles. The fourth-order valence-corrected chi connectivity index (χ4v) is 1.79. The Kier molecular flexibility index (Phi) is 3.58. The quantitative estimate of drug-likeness (QED) is 0.895. The Morgan fingerprint density at radius 2 is 2.11 bits per heavy atom. The minimum absolute atomic E-state index is 0.0637. The molecule has 0 saturated carbocycles. The zero-order chi connectivity index (χ0) is 13.1. The van der Waals surface area contributed by atoms with Crippen molar-refractivity contribution in [2.24, 2.45) is 7.05 Å². The highest BCUT2D eigenvalue weighted by molar-refractivity contribution is 6.30. The number of aromatic nitrogens is 1. The van der Waals surface area contributed by atoms with Crippen LogP contribution in [0.4, 0.5) is 5.69 Å². The van der Waals surface area contributed by atoms with Crippen LogP contribution in [0.15, 0.2) is 41.3 Å². The van der Waals surface area contributed by atoms with Gasteiger partial charge in [-0.25, -0.2) is 0 Å². The molecule has 0 aliphatic rings. The lowest BCUT2D eigenvalue weighted by Crippen LogP contribution is -2.15. The van der Waals surface area contributed by atoms with Crippen molar-refractivity contribution < 1.29 is 5.11 Å². The van der Waals surface area contributed by atoms with E-state index in [2.05, 4.69) is 5.32 Å². The fraction of sp³-hybridized carbons (Fsp3) is 0.154. The maximum absolute atomic E-state index is 11.2. The third-order valence-electron chi connectivity index (χ3n) is 2.61. The van der Waals surface area contributed by atoms with Crippen molar-refractivity contribution >= 4 is 17.3 Å². The standard InChI is InChI=1S/C13H13ClN2O2/c1-16-8-11(3-5-13(16)18)15-7-9-6-10(14)2-4-12(9)17/h2-6,8,15,17H,7H2,1H3. The van der Waals surface area contributed by atoms with E-state index in [0.717, 1.165) is 5.69 Å². The molecule has 0 fully saturated rings. The van der Waals surface area contributed by atoms with Gasteiger partial charge in [-0.15, -0.1) is 0 Å². The van der Waals surface area contributed by atoms with Crippen LogP contribution in [-0.4, -0.2) is 9.67 Å². The lowest BCUT2D eigenvalue weighted by molar-refractivity contribution is 0.469. The minimum atomic E-state index is -0.0637. The molecule has 2 aromatic rings. The first kappa shape index (κ1) is 12.5. The molecule has 0 radical (unpaired) electrons. The number of pyridine rings is 1. The molecule has 0 amide bonds. The predicted octanol–water partition coefficient (Wildman–Crippen LogP) is 2.36. The van der Waals surface area contributed by atoms with Crippen LogP contribution in [0.2, 0.25) is 5.02 Å². The summed E-state index contributed by atoms with van der Waals surface area (Å²) in [5, 5.41) is 13.4. The Hall–Kier alpha value is -1.94. The van der Waals surface area contributed by atoms with Crippen LogP contribution < -0.4 is 10.9 Å². The van der Waals surface area contributed by atoms with Crippen molar-refractivity contribution in [1.82, 2.24) is 4.57 Å². The number of hydrogen-bond acceptors (Lipinski definition) is 3. The van der Waals surface area contributed by atoms with Crippen molar-refractivity contribution in [1.29, 1.82) is 0 Å². The molecular weight excluding hydrogens is 252 g/mol. The SMILES string of the molecule is Cn1cc(NCc2cc(Cl)ccc2O)ccc1=O. The average Bonchev–Trinajstić information content (AvgIpc) is 2.34. The number of nitrogens with one attached hydrogen (secondary N) is 1. The van der Waals surface area contributed by atoms with Gasteiger partial charge in [0.15, 0.2) is 0 Å². The second-order valence-corrected chi connectivity index (χ2v) is 4.43. The molecule has 0 unspecified atom stereocenters. The molecule has 4 nitrogen and oxygen atoms in total. The van der Waals surface area contributed by atoms with Gasteiger partial charge in [0.05, 0.1) is 5.69 Å². The molecule has 2 rings (SSSR count). The molecule has 1 aromatic carbocycles. The van der Waals surface area contributed by atoms with Crippen molar-refractivity contribution in [2.75, 3.05) is 5.32 Å². The number of rotatable bonds is 3. The molecule has 5 heteroatoms. The number of hydrogen-bond donors (Lipinski definition) is 2. The number of phenols is 1. The first-order valence-corrected chi connectivity index (χ1v) is 5.82. The van der Waals surface area contributed by atoms with Gasteiger partial charge in [0.25, 0.3) is 0 Å². The summed E-state index contributed by atoms with van der Waals surface area (Å²) >= 11 is 5.86. The Bertz CT molecular complexity index is 623. The molecule has 94 valence electrons. The number of halogens is 1. The molecule has 1 heterocycles. The zero-order valence-corrected chi connectivity index (χ0v) is 10.6. The van der Waals surface area contributed by atoms with Gasteiger partial charge in [0.2, 0.25) is 5.56 Å². The van der Waals surface area contributed by atoms with Crippen molar-refractivity contribution in [2.45, 2.75) is 6.54 Å². The van der Waals surface area contributed by atoms with Crippen molar-refractivity contribution in [3.63, 3.8) is 0 Å². The summed E-state index contributed by atoms with van der Waals surface area (Å²) < 4.78 is 1.49. The second kappa shape index (κ2) is 5.14. The minimum Gasteiger partial charge on any atom is -0.508 e. The van der Waals surface area contributed by atoms with E-state index in [-0.39, 0.29) is 11.3 Å². The van der Waals surface area contributed by atoms with Crippen LogP contribution in [0.5, 0.6) is 5.75 Å². The summed E-state index contributed by atoms with van der Waals surface area (Å²) in [4.78, 5) is 11.2. The number of phenolic OH excluding ortho intramolecular Hbond substituents is 1. The summed E-state index contributed by atoms with van der Waals surface area (Å²) in [5.74, 6) is 0.191. The highest BCUT2D eigenvalue weighted by Crippen LogP contribution is 2.22. The van der Waals surface area contributed by atoms with E-state index in [1.807, 2.05) is 0 Å². The van der Waals surface area contributed by atoms with Gasteiger partial charge in [-0.05, 0) is 24.3 Å². The monoisotopic (exact) mass is 264 g/mol. The first-order valence-electron chi connectivity index (χ1n) is 5.44. The zero-order valence-electron chi connectivity index (χ0n) is 9.85. The maximum atomic E-state index is 11.2. The number of aryl methyl sites for hydroxylation is 1. The smallest absolute Gasteiger partial charge is 0.250 e. The molecule has 1 aromatic heterocycles. The average molecular weight is 265 g/mol. The lowest BCUT2D eigenvalue weighted by Gasteiger charge is -2.09. The van der Waals surface area contributed by atoms with Crippen molar-refractivity contribution in [3.8, 4) is 5.75 Å². The molecular formula is C13H13ClN2O2. The van der Waals surface area contributed by atoms with Gasteiger partial charge in [-0.1, -0.05) is 11.6 Å². The van der Waals surface area contributed by atoms with Crippen LogP contribution in [0.3, 0.4) is 0 Å². The van der Waals surface area contributed by atoms with Gasteiger partial charge >= 0.3 is 0 Å². The number of benzene rings is 1. The Morgan fingerprint density at radius 1 is 1.33 bits per heavy atom. The second-order valence-electron chi connectivity index (χ2n) is 3.99. The van der Waals surface area contributed by atoms with E-state index in [1.54, 1.807) is 37.5 Å². The van der Waals surface area contributed by atoms with E-state index in [9.17, 15) is 9.90 Å². The fourth-order valence-electron chi connectivity index (χ4n) is 1.59. The van der Waals surface area contributed by atoms with Crippen LogP contribution >= 0.6 is 11.6 Å². The summed E-state index contributed by atoms with van der Waals surface area (Å²) in [6.45, 7) is 0.435. The largest absolute Gasteiger partial charge is 0.508 e. The molecule has 0 atom stereocenters. The topological polar surface area (TPSA) is 54.3 Å². The van der Waals surface area contributed by atoms with Gasteiger partial charge in [-0.2, -0.15) is 0 Å². The Morgan fingerprint density at radius 3 is 2.83 bits per heavy atom. The molecule has 2 N–H and O–H groups in total. The molecule has 0 spiro atoms. The number of anilines is 1. The van der Waals surface area contributed by atoms with Crippen LogP contribution in [0, 0.1) is 0 Å². The maximum Gasteiger partial charge on any atom is 0.250 e. The van der Waals surface area contributed by atoms with Crippen LogP contribution in [0.25, 0.3) is 0 Å². The van der Waals surface area contributed by atoms with Gasteiger partial charge in [0.1, 0.15) is 5.75 Å². The summed E-state index contributed by atoms with van der Waals surface area (Å²) in [5.41, 5.74) is 1.44. The van der Waals surface area contributed by atoms with Gasteiger partial charge in [0, 0.05) is 36.4 Å². The van der Waals surface area contributed by atoms with Crippen molar-refractivity contribution in [3.05, 3.63) is 57.5 Å². The molecule has 0 saturated heterocycles. The van der Waals surface area contributed by atoms with Gasteiger partial charge in [-0.3, -0.25) is 4.79 Å². The number of nitrogens with zero attached hydrogens (tertiary/aromatic N) is 1. The van der Waals surface area contributed by atoms with E-state index < -0.39 is 0 Å².